The largest absolute Gasteiger partial charge is 0.383 e. The molecule has 0 heterocycles. The van der Waals surface area contributed by atoms with Crippen molar-refractivity contribution < 1.29 is 13.2 Å². The molecule has 0 fully saturated rings. The summed E-state index contributed by atoms with van der Waals surface area (Å²) in [7, 11) is -1.72. The van der Waals surface area contributed by atoms with Gasteiger partial charge in [-0.2, -0.15) is 4.31 Å². The van der Waals surface area contributed by atoms with Crippen LogP contribution in [0.1, 0.15) is 12.0 Å². The van der Waals surface area contributed by atoms with E-state index in [4.69, 9.17) is 16.3 Å². The summed E-state index contributed by atoms with van der Waals surface area (Å²) in [4.78, 5) is 0. The molecule has 1 aromatic rings. The number of sulfonamides is 1. The first-order valence-electron chi connectivity index (χ1n) is 6.17. The number of ether oxygens (including phenoxy) is 1. The van der Waals surface area contributed by atoms with Crippen LogP contribution < -0.4 is 0 Å². The van der Waals surface area contributed by atoms with Gasteiger partial charge in [-0.3, -0.25) is 0 Å². The molecule has 0 aliphatic heterocycles. The van der Waals surface area contributed by atoms with Crippen LogP contribution in [0.4, 0.5) is 0 Å². The van der Waals surface area contributed by atoms with Crippen molar-refractivity contribution in [2.45, 2.75) is 13.0 Å². The van der Waals surface area contributed by atoms with E-state index in [1.165, 1.54) is 4.31 Å². The minimum atomic E-state index is -3.29. The van der Waals surface area contributed by atoms with Gasteiger partial charge in [-0.25, -0.2) is 8.42 Å². The highest BCUT2D eigenvalue weighted by Gasteiger charge is 2.21. The van der Waals surface area contributed by atoms with Gasteiger partial charge in [-0.05, 0) is 12.0 Å². The molecule has 4 nitrogen and oxygen atoms in total. The van der Waals surface area contributed by atoms with E-state index < -0.39 is 10.0 Å². The molecule has 0 spiro atoms. The van der Waals surface area contributed by atoms with E-state index in [1.807, 2.05) is 30.3 Å². The van der Waals surface area contributed by atoms with Crippen molar-refractivity contribution >= 4 is 21.6 Å². The summed E-state index contributed by atoms with van der Waals surface area (Å²) < 4.78 is 30.9. The van der Waals surface area contributed by atoms with E-state index >= 15 is 0 Å². The third kappa shape index (κ3) is 5.91. The average molecular weight is 306 g/mol. The second-order valence-electron chi connectivity index (χ2n) is 4.17. The Balaban J connectivity index is 2.76. The van der Waals surface area contributed by atoms with Crippen molar-refractivity contribution in [1.82, 2.24) is 4.31 Å². The maximum Gasteiger partial charge on any atom is 0.214 e. The van der Waals surface area contributed by atoms with Crippen LogP contribution in [0.25, 0.3) is 0 Å². The van der Waals surface area contributed by atoms with Gasteiger partial charge in [0.15, 0.2) is 0 Å². The van der Waals surface area contributed by atoms with Crippen molar-refractivity contribution in [2.75, 3.05) is 31.9 Å². The predicted molar refractivity (Wildman–Crippen MR) is 77.9 cm³/mol. The van der Waals surface area contributed by atoms with Crippen LogP contribution in [0.15, 0.2) is 30.3 Å². The van der Waals surface area contributed by atoms with Crippen LogP contribution in [-0.4, -0.2) is 44.6 Å². The number of halogens is 1. The van der Waals surface area contributed by atoms with Crippen LogP contribution in [0, 0.1) is 0 Å². The zero-order valence-electron chi connectivity index (χ0n) is 11.1. The van der Waals surface area contributed by atoms with Crippen molar-refractivity contribution in [2.24, 2.45) is 0 Å². The summed E-state index contributed by atoms with van der Waals surface area (Å²) in [6, 6.07) is 9.53. The summed E-state index contributed by atoms with van der Waals surface area (Å²) in [6.07, 6.45) is 0.460. The monoisotopic (exact) mass is 305 g/mol. The molecular formula is C13H20ClNO3S. The maximum atomic E-state index is 12.2. The second kappa shape index (κ2) is 8.53. The summed E-state index contributed by atoms with van der Waals surface area (Å²) in [5.41, 5.74) is 0.966. The van der Waals surface area contributed by atoms with Gasteiger partial charge >= 0.3 is 0 Å². The van der Waals surface area contributed by atoms with E-state index in [2.05, 4.69) is 0 Å². The minimum Gasteiger partial charge on any atom is -0.383 e. The number of hydrogen-bond acceptors (Lipinski definition) is 3. The van der Waals surface area contributed by atoms with Crippen molar-refractivity contribution in [3.8, 4) is 0 Å². The number of hydrogen-bond donors (Lipinski definition) is 0. The smallest absolute Gasteiger partial charge is 0.214 e. The average Bonchev–Trinajstić information content (AvgIpc) is 2.42. The molecule has 6 heteroatoms. The lowest BCUT2D eigenvalue weighted by atomic mass is 10.2. The van der Waals surface area contributed by atoms with Gasteiger partial charge < -0.3 is 4.74 Å². The number of benzene rings is 1. The lowest BCUT2D eigenvalue weighted by Crippen LogP contribution is -2.35. The van der Waals surface area contributed by atoms with Crippen LogP contribution in [0.2, 0.25) is 0 Å². The predicted octanol–water partition coefficient (Wildman–Crippen LogP) is 2.09. The Morgan fingerprint density at radius 1 is 1.26 bits per heavy atom. The highest BCUT2D eigenvalue weighted by atomic mass is 35.5. The Morgan fingerprint density at radius 3 is 2.53 bits per heavy atom. The standard InChI is InChI=1S/C13H20ClNO3S/c1-18-10-9-15(19(16,17)11-5-8-14)12-13-6-3-2-4-7-13/h2-4,6-7H,5,8-12H2,1H3. The molecule has 0 aliphatic carbocycles. The topological polar surface area (TPSA) is 46.6 Å². The molecule has 0 aliphatic rings. The molecular weight excluding hydrogens is 286 g/mol. The zero-order chi connectivity index (χ0) is 14.1. The van der Waals surface area contributed by atoms with Crippen molar-refractivity contribution in [3.05, 3.63) is 35.9 Å². The minimum absolute atomic E-state index is 0.0764. The lowest BCUT2D eigenvalue weighted by Gasteiger charge is -2.21. The van der Waals surface area contributed by atoms with Gasteiger partial charge in [0.1, 0.15) is 0 Å². The molecule has 19 heavy (non-hydrogen) atoms. The van der Waals surface area contributed by atoms with E-state index in [1.54, 1.807) is 7.11 Å². The summed E-state index contributed by atoms with van der Waals surface area (Å²) in [5.74, 6) is 0.426. The molecule has 0 unspecified atom stereocenters. The number of methoxy groups -OCH3 is 1. The number of rotatable bonds is 9. The molecule has 0 atom stereocenters. The Labute approximate surface area is 120 Å². The number of nitrogens with zero attached hydrogens (tertiary/aromatic N) is 1. The first-order valence-corrected chi connectivity index (χ1v) is 8.31. The Bertz CT molecular complexity index is 450. The summed E-state index contributed by atoms with van der Waals surface area (Å²) >= 11 is 5.57. The highest BCUT2D eigenvalue weighted by Crippen LogP contribution is 2.11. The van der Waals surface area contributed by atoms with Gasteiger partial charge in [0, 0.05) is 26.1 Å². The molecule has 108 valence electrons. The van der Waals surface area contributed by atoms with E-state index in [0.717, 1.165) is 5.56 Å². The molecule has 1 aromatic carbocycles. The molecule has 0 amide bonds. The van der Waals surface area contributed by atoms with Gasteiger partial charge in [-0.1, -0.05) is 30.3 Å². The van der Waals surface area contributed by atoms with E-state index in [-0.39, 0.29) is 5.75 Å². The van der Waals surface area contributed by atoms with Crippen molar-refractivity contribution in [1.29, 1.82) is 0 Å². The Kier molecular flexibility index (Phi) is 7.38. The zero-order valence-corrected chi connectivity index (χ0v) is 12.7. The fourth-order valence-corrected chi connectivity index (χ4v) is 3.42. The lowest BCUT2D eigenvalue weighted by molar-refractivity contribution is 0.177. The quantitative estimate of drug-likeness (QED) is 0.656. The number of alkyl halides is 1. The molecule has 0 bridgehead atoms. The first-order chi connectivity index (χ1) is 9.10. The van der Waals surface area contributed by atoms with Gasteiger partial charge in [0.25, 0.3) is 0 Å². The van der Waals surface area contributed by atoms with E-state index in [9.17, 15) is 8.42 Å². The maximum absolute atomic E-state index is 12.2. The van der Waals surface area contributed by atoms with E-state index in [0.29, 0.717) is 32.0 Å². The SMILES string of the molecule is COCCN(Cc1ccccc1)S(=O)(=O)CCCCl. The molecule has 0 N–H and O–H groups in total. The van der Waals surface area contributed by atoms with Gasteiger partial charge in [-0.15, -0.1) is 11.6 Å². The normalized spacial score (nSPS) is 11.9. The summed E-state index contributed by atoms with van der Waals surface area (Å²) in [5, 5.41) is 0. The second-order valence-corrected chi connectivity index (χ2v) is 6.64. The first kappa shape index (κ1) is 16.4. The van der Waals surface area contributed by atoms with Gasteiger partial charge in [0.2, 0.25) is 10.0 Å². The molecule has 0 radical (unpaired) electrons. The molecule has 1 rings (SSSR count). The molecule has 0 saturated carbocycles. The third-order valence-electron chi connectivity index (χ3n) is 2.68. The van der Waals surface area contributed by atoms with Crippen LogP contribution >= 0.6 is 11.6 Å². The van der Waals surface area contributed by atoms with Crippen LogP contribution in [0.3, 0.4) is 0 Å². The van der Waals surface area contributed by atoms with Crippen LogP contribution in [0.5, 0.6) is 0 Å². The Morgan fingerprint density at radius 2 is 1.95 bits per heavy atom. The van der Waals surface area contributed by atoms with Crippen LogP contribution in [-0.2, 0) is 21.3 Å². The molecule has 0 aromatic heterocycles. The fourth-order valence-electron chi connectivity index (χ4n) is 1.66. The highest BCUT2D eigenvalue weighted by molar-refractivity contribution is 7.89. The van der Waals surface area contributed by atoms with Gasteiger partial charge in [0.05, 0.1) is 12.4 Å². The fraction of sp³-hybridized carbons (Fsp3) is 0.538. The molecule has 0 saturated heterocycles. The Hall–Kier alpha value is -0.620. The third-order valence-corrected chi connectivity index (χ3v) is 4.85. The van der Waals surface area contributed by atoms with Crippen molar-refractivity contribution in [3.63, 3.8) is 0 Å². The summed E-state index contributed by atoms with van der Waals surface area (Å²) in [6.45, 7) is 1.11.